The Morgan fingerprint density at radius 2 is 1.96 bits per heavy atom. The van der Waals surface area contributed by atoms with Crippen LogP contribution < -0.4 is 10.6 Å². The predicted octanol–water partition coefficient (Wildman–Crippen LogP) is 0.754. The van der Waals surface area contributed by atoms with Gasteiger partial charge < -0.3 is 15.4 Å². The number of benzene rings is 1. The Bertz CT molecular complexity index is 730. The summed E-state index contributed by atoms with van der Waals surface area (Å²) < 4.78 is 31.9. The molecule has 2 fully saturated rings. The fraction of sp³-hybridized carbons (Fsp3) is 0.632. The van der Waals surface area contributed by atoms with Crippen molar-refractivity contribution in [1.82, 2.24) is 14.9 Å². The molecule has 150 valence electrons. The molecule has 7 nitrogen and oxygen atoms in total. The molecule has 27 heavy (non-hydrogen) atoms. The number of carbonyl (C=O) groups excluding carboxylic acids is 1. The molecule has 0 radical (unpaired) electrons. The third kappa shape index (κ3) is 5.28. The summed E-state index contributed by atoms with van der Waals surface area (Å²) in [6.07, 6.45) is 1.97. The predicted molar refractivity (Wildman–Crippen MR) is 103 cm³/mol. The summed E-state index contributed by atoms with van der Waals surface area (Å²) >= 11 is 0. The van der Waals surface area contributed by atoms with Gasteiger partial charge in [0, 0.05) is 25.6 Å². The zero-order valence-corrected chi connectivity index (χ0v) is 16.6. The summed E-state index contributed by atoms with van der Waals surface area (Å²) in [4.78, 5) is 12.5. The van der Waals surface area contributed by atoms with Gasteiger partial charge in [-0.25, -0.2) is 8.42 Å². The summed E-state index contributed by atoms with van der Waals surface area (Å²) in [6, 6.07) is 7.10. The highest BCUT2D eigenvalue weighted by molar-refractivity contribution is 7.89. The quantitative estimate of drug-likeness (QED) is 0.742. The monoisotopic (exact) mass is 395 g/mol. The number of ether oxygens (including phenoxy) is 1. The molecular weight excluding hydrogens is 366 g/mol. The first-order chi connectivity index (χ1) is 13.0. The van der Waals surface area contributed by atoms with E-state index in [1.54, 1.807) is 24.3 Å². The number of piperidine rings is 1. The number of morpholine rings is 1. The summed E-state index contributed by atoms with van der Waals surface area (Å²) in [6.45, 7) is 5.66. The van der Waals surface area contributed by atoms with Crippen molar-refractivity contribution in [2.45, 2.75) is 37.1 Å². The van der Waals surface area contributed by atoms with Crippen LogP contribution in [-0.4, -0.2) is 64.1 Å². The smallest absolute Gasteiger partial charge is 0.243 e. The third-order valence-corrected chi connectivity index (χ3v) is 7.22. The lowest BCUT2D eigenvalue weighted by atomic mass is 9.95. The van der Waals surface area contributed by atoms with Gasteiger partial charge in [0.2, 0.25) is 15.9 Å². The highest BCUT2D eigenvalue weighted by Gasteiger charge is 2.26. The van der Waals surface area contributed by atoms with Gasteiger partial charge in [-0.05, 0) is 49.5 Å². The number of nitrogens with one attached hydrogen (secondary N) is 2. The summed E-state index contributed by atoms with van der Waals surface area (Å²) in [5.74, 6) is 0.492. The minimum absolute atomic E-state index is 0.0544. The topological polar surface area (TPSA) is 87.7 Å². The highest BCUT2D eigenvalue weighted by atomic mass is 32.2. The Hall–Kier alpha value is -1.48. The van der Waals surface area contributed by atoms with Gasteiger partial charge in [-0.2, -0.15) is 4.31 Å². The maximum atomic E-state index is 12.6. The molecule has 1 aromatic rings. The van der Waals surface area contributed by atoms with E-state index in [9.17, 15) is 13.2 Å². The minimum atomic E-state index is -3.47. The lowest BCUT2D eigenvalue weighted by molar-refractivity contribution is -0.122. The number of rotatable bonds is 6. The Morgan fingerprint density at radius 3 is 2.63 bits per heavy atom. The fourth-order valence-corrected chi connectivity index (χ4v) is 4.94. The average molecular weight is 396 g/mol. The van der Waals surface area contributed by atoms with E-state index in [1.165, 1.54) is 4.31 Å². The number of nitrogens with zero attached hydrogens (tertiary/aromatic N) is 1. The van der Waals surface area contributed by atoms with Crippen molar-refractivity contribution in [1.29, 1.82) is 0 Å². The van der Waals surface area contributed by atoms with Crippen molar-refractivity contribution >= 4 is 15.9 Å². The standard InChI is InChI=1S/C19H29N3O4S/c1-15-14-20-9-8-18(15)21-19(23)7-4-16-2-5-17(6-3-16)27(24,25)22-10-12-26-13-11-22/h2-3,5-6,15,18,20H,4,7-14H2,1H3,(H,21,23). The van der Waals surface area contributed by atoms with Crippen LogP contribution in [0, 0.1) is 5.92 Å². The van der Waals surface area contributed by atoms with Crippen LogP contribution in [0.2, 0.25) is 0 Å². The van der Waals surface area contributed by atoms with Gasteiger partial charge >= 0.3 is 0 Å². The van der Waals surface area contributed by atoms with Crippen LogP contribution >= 0.6 is 0 Å². The fourth-order valence-electron chi connectivity index (χ4n) is 3.53. The number of aryl methyl sites for hydroxylation is 1. The molecule has 2 N–H and O–H groups in total. The van der Waals surface area contributed by atoms with Gasteiger partial charge in [0.05, 0.1) is 18.1 Å². The summed E-state index contributed by atoms with van der Waals surface area (Å²) in [5.41, 5.74) is 0.962. The number of carbonyl (C=O) groups is 1. The molecule has 2 aliphatic heterocycles. The highest BCUT2D eigenvalue weighted by Crippen LogP contribution is 2.18. The van der Waals surface area contributed by atoms with Crippen LogP contribution in [0.3, 0.4) is 0 Å². The lowest BCUT2D eigenvalue weighted by Gasteiger charge is -2.30. The SMILES string of the molecule is CC1CNCCC1NC(=O)CCc1ccc(S(=O)(=O)N2CCOCC2)cc1. The van der Waals surface area contributed by atoms with Crippen molar-refractivity contribution in [3.05, 3.63) is 29.8 Å². The maximum absolute atomic E-state index is 12.6. The van der Waals surface area contributed by atoms with E-state index < -0.39 is 10.0 Å². The largest absolute Gasteiger partial charge is 0.379 e. The van der Waals surface area contributed by atoms with Crippen LogP contribution in [0.5, 0.6) is 0 Å². The van der Waals surface area contributed by atoms with E-state index in [-0.39, 0.29) is 11.9 Å². The van der Waals surface area contributed by atoms with Gasteiger partial charge in [-0.15, -0.1) is 0 Å². The molecule has 2 atom stereocenters. The van der Waals surface area contributed by atoms with Crippen LogP contribution in [0.25, 0.3) is 0 Å². The molecule has 2 heterocycles. The number of sulfonamides is 1. The van der Waals surface area contributed by atoms with Crippen LogP contribution in [-0.2, 0) is 26.0 Å². The molecule has 0 bridgehead atoms. The Morgan fingerprint density at radius 1 is 1.26 bits per heavy atom. The second-order valence-electron chi connectivity index (χ2n) is 7.30. The minimum Gasteiger partial charge on any atom is -0.379 e. The van der Waals surface area contributed by atoms with Crippen molar-refractivity contribution in [3.8, 4) is 0 Å². The van der Waals surface area contributed by atoms with E-state index in [2.05, 4.69) is 17.6 Å². The number of amides is 1. The molecule has 3 rings (SSSR count). The van der Waals surface area contributed by atoms with Gasteiger partial charge in [-0.1, -0.05) is 19.1 Å². The van der Waals surface area contributed by atoms with Crippen molar-refractivity contribution in [3.63, 3.8) is 0 Å². The number of hydrogen-bond acceptors (Lipinski definition) is 5. The van der Waals surface area contributed by atoms with E-state index in [0.717, 1.165) is 25.1 Å². The van der Waals surface area contributed by atoms with Gasteiger partial charge in [0.1, 0.15) is 0 Å². The van der Waals surface area contributed by atoms with Gasteiger partial charge in [0.15, 0.2) is 0 Å². The van der Waals surface area contributed by atoms with Crippen molar-refractivity contribution in [2.75, 3.05) is 39.4 Å². The molecule has 2 unspecified atom stereocenters. The van der Waals surface area contributed by atoms with Crippen LogP contribution in [0.4, 0.5) is 0 Å². The molecule has 0 aliphatic carbocycles. The maximum Gasteiger partial charge on any atom is 0.243 e. The first kappa shape index (κ1) is 20.3. The van der Waals surface area contributed by atoms with Crippen molar-refractivity contribution in [2.24, 2.45) is 5.92 Å². The molecule has 1 aromatic carbocycles. The third-order valence-electron chi connectivity index (χ3n) is 5.30. The van der Waals surface area contributed by atoms with Gasteiger partial charge in [-0.3, -0.25) is 4.79 Å². The van der Waals surface area contributed by atoms with E-state index >= 15 is 0 Å². The second kappa shape index (κ2) is 9.14. The summed E-state index contributed by atoms with van der Waals surface area (Å²) in [7, 11) is -3.47. The zero-order valence-electron chi connectivity index (χ0n) is 15.8. The molecule has 2 aliphatic rings. The Labute approximate surface area is 161 Å². The first-order valence-corrected chi connectivity index (χ1v) is 11.1. The van der Waals surface area contributed by atoms with Gasteiger partial charge in [0.25, 0.3) is 0 Å². The van der Waals surface area contributed by atoms with Crippen LogP contribution in [0.15, 0.2) is 29.2 Å². The first-order valence-electron chi connectivity index (χ1n) is 9.64. The molecule has 0 saturated carbocycles. The average Bonchev–Trinajstić information content (AvgIpc) is 2.69. The Balaban J connectivity index is 1.52. The summed E-state index contributed by atoms with van der Waals surface area (Å²) in [5, 5.41) is 6.45. The molecule has 8 heteroatoms. The zero-order chi connectivity index (χ0) is 19.3. The molecule has 0 aromatic heterocycles. The van der Waals surface area contributed by atoms with E-state index in [4.69, 9.17) is 4.74 Å². The normalized spacial score (nSPS) is 24.5. The molecule has 1 amide bonds. The van der Waals surface area contributed by atoms with E-state index in [1.807, 2.05) is 0 Å². The second-order valence-corrected chi connectivity index (χ2v) is 9.24. The number of hydrogen-bond donors (Lipinski definition) is 2. The lowest BCUT2D eigenvalue weighted by Crippen LogP contribution is -2.48. The van der Waals surface area contributed by atoms with Crippen molar-refractivity contribution < 1.29 is 17.9 Å². The molecule has 0 spiro atoms. The molecule has 2 saturated heterocycles. The Kier molecular flexibility index (Phi) is 6.86. The molecular formula is C19H29N3O4S. The van der Waals surface area contributed by atoms with E-state index in [0.29, 0.717) is 50.0 Å². The van der Waals surface area contributed by atoms with Crippen LogP contribution in [0.1, 0.15) is 25.3 Å².